The van der Waals surface area contributed by atoms with Crippen LogP contribution in [0, 0.1) is 0 Å². The molecule has 5 rings (SSSR count). The van der Waals surface area contributed by atoms with Gasteiger partial charge in [-0.05, 0) is 35.6 Å². The van der Waals surface area contributed by atoms with E-state index in [1.165, 1.54) is 22.4 Å². The van der Waals surface area contributed by atoms with E-state index in [9.17, 15) is 0 Å². The van der Waals surface area contributed by atoms with Crippen LogP contribution in [-0.2, 0) is 6.42 Å². The summed E-state index contributed by atoms with van der Waals surface area (Å²) in [5.74, 6) is 0.899. The quantitative estimate of drug-likeness (QED) is 0.606. The van der Waals surface area contributed by atoms with Gasteiger partial charge in [-0.2, -0.15) is 0 Å². The van der Waals surface area contributed by atoms with Gasteiger partial charge in [-0.3, -0.25) is 4.99 Å². The largest absolute Gasteiger partial charge is 0.339 e. The standard InChI is InChI=1S/C24H19ClN2/c25-21-13-7-6-12-19(21)23-20-15-14-16-8-4-5-11-18(16)22(20)26-24(27-23)17-9-2-1-3-10-17/h1-13,23H,14-15H2,(H,26,27). The fourth-order valence-corrected chi connectivity index (χ4v) is 4.26. The summed E-state index contributed by atoms with van der Waals surface area (Å²) in [4.78, 5) is 5.10. The molecule has 0 fully saturated rings. The Bertz CT molecular complexity index is 1070. The number of hydrogen-bond donors (Lipinski definition) is 1. The van der Waals surface area contributed by atoms with Crippen LogP contribution < -0.4 is 5.32 Å². The van der Waals surface area contributed by atoms with Gasteiger partial charge in [0.25, 0.3) is 0 Å². The van der Waals surface area contributed by atoms with Crippen LogP contribution in [0.3, 0.4) is 0 Å². The predicted molar refractivity (Wildman–Crippen MR) is 112 cm³/mol. The number of fused-ring (bicyclic) bond motifs is 2. The van der Waals surface area contributed by atoms with Crippen molar-refractivity contribution < 1.29 is 0 Å². The summed E-state index contributed by atoms with van der Waals surface area (Å²) in [6.07, 6.45) is 2.02. The molecule has 2 nitrogen and oxygen atoms in total. The van der Waals surface area contributed by atoms with Crippen LogP contribution in [0.4, 0.5) is 0 Å². The topological polar surface area (TPSA) is 24.4 Å². The van der Waals surface area contributed by atoms with Gasteiger partial charge in [-0.25, -0.2) is 0 Å². The molecule has 1 aliphatic carbocycles. The molecule has 3 heteroatoms. The number of halogens is 1. The van der Waals surface area contributed by atoms with Crippen molar-refractivity contribution in [2.24, 2.45) is 4.99 Å². The van der Waals surface area contributed by atoms with Gasteiger partial charge in [-0.1, -0.05) is 84.4 Å². The van der Waals surface area contributed by atoms with E-state index >= 15 is 0 Å². The molecule has 0 saturated carbocycles. The maximum Gasteiger partial charge on any atom is 0.133 e. The molecule has 1 N–H and O–H groups in total. The molecule has 0 spiro atoms. The second-order valence-electron chi connectivity index (χ2n) is 6.95. The lowest BCUT2D eigenvalue weighted by Gasteiger charge is -2.33. The maximum atomic E-state index is 6.57. The molecule has 1 aliphatic heterocycles. The van der Waals surface area contributed by atoms with Gasteiger partial charge in [0.2, 0.25) is 0 Å². The van der Waals surface area contributed by atoms with E-state index in [0.717, 1.165) is 34.8 Å². The number of nitrogens with zero attached hydrogens (tertiary/aromatic N) is 1. The molecule has 27 heavy (non-hydrogen) atoms. The average Bonchev–Trinajstić information content (AvgIpc) is 2.74. The molecule has 0 aromatic heterocycles. The van der Waals surface area contributed by atoms with Crippen LogP contribution in [0.25, 0.3) is 5.70 Å². The molecule has 1 unspecified atom stereocenters. The van der Waals surface area contributed by atoms with Gasteiger partial charge in [0.05, 0.1) is 0 Å². The Morgan fingerprint density at radius 3 is 2.41 bits per heavy atom. The number of hydrogen-bond acceptors (Lipinski definition) is 2. The van der Waals surface area contributed by atoms with Crippen LogP contribution in [0.5, 0.6) is 0 Å². The minimum atomic E-state index is -0.0569. The molecule has 2 aliphatic rings. The maximum absolute atomic E-state index is 6.57. The molecule has 0 saturated heterocycles. The lowest BCUT2D eigenvalue weighted by atomic mass is 9.83. The van der Waals surface area contributed by atoms with Gasteiger partial charge < -0.3 is 5.32 Å². The van der Waals surface area contributed by atoms with Crippen LogP contribution in [-0.4, -0.2) is 5.84 Å². The second-order valence-corrected chi connectivity index (χ2v) is 7.36. The fraction of sp³-hybridized carbons (Fsp3) is 0.125. The predicted octanol–water partition coefficient (Wildman–Crippen LogP) is 5.79. The first-order valence-corrected chi connectivity index (χ1v) is 9.65. The van der Waals surface area contributed by atoms with Gasteiger partial charge in [0, 0.05) is 21.8 Å². The van der Waals surface area contributed by atoms with E-state index in [0.29, 0.717) is 0 Å². The molecule has 3 aromatic carbocycles. The minimum Gasteiger partial charge on any atom is -0.339 e. The summed E-state index contributed by atoms with van der Waals surface area (Å²) in [6, 6.07) is 26.9. The Morgan fingerprint density at radius 2 is 1.56 bits per heavy atom. The van der Waals surface area contributed by atoms with Crippen molar-refractivity contribution >= 4 is 23.1 Å². The zero-order chi connectivity index (χ0) is 18.2. The highest BCUT2D eigenvalue weighted by Crippen LogP contribution is 2.42. The third kappa shape index (κ3) is 2.87. The highest BCUT2D eigenvalue weighted by molar-refractivity contribution is 6.31. The Hall–Kier alpha value is -2.84. The third-order valence-electron chi connectivity index (χ3n) is 5.35. The molecule has 3 aromatic rings. The molecule has 132 valence electrons. The number of rotatable bonds is 2. The summed E-state index contributed by atoms with van der Waals surface area (Å²) >= 11 is 6.57. The van der Waals surface area contributed by atoms with Crippen LogP contribution in [0.2, 0.25) is 5.02 Å². The third-order valence-corrected chi connectivity index (χ3v) is 5.69. The van der Waals surface area contributed by atoms with E-state index in [4.69, 9.17) is 16.6 Å². The lowest BCUT2D eigenvalue weighted by molar-refractivity contribution is 0.737. The summed E-state index contributed by atoms with van der Waals surface area (Å²) < 4.78 is 0. The average molecular weight is 371 g/mol. The Kier molecular flexibility index (Phi) is 4.06. The van der Waals surface area contributed by atoms with E-state index < -0.39 is 0 Å². The van der Waals surface area contributed by atoms with Gasteiger partial charge in [0.15, 0.2) is 0 Å². The van der Waals surface area contributed by atoms with Crippen molar-refractivity contribution in [3.8, 4) is 0 Å². The number of benzene rings is 3. The molecule has 1 atom stereocenters. The Labute approximate surface area is 164 Å². The van der Waals surface area contributed by atoms with Crippen molar-refractivity contribution in [2.45, 2.75) is 18.9 Å². The number of aliphatic imine (C=N–C) groups is 1. The first-order chi connectivity index (χ1) is 13.3. The Balaban J connectivity index is 1.70. The molecular weight excluding hydrogens is 352 g/mol. The normalized spacial score (nSPS) is 18.3. The van der Waals surface area contributed by atoms with Gasteiger partial charge in [0.1, 0.15) is 11.9 Å². The Morgan fingerprint density at radius 1 is 0.815 bits per heavy atom. The van der Waals surface area contributed by atoms with Crippen LogP contribution in [0.15, 0.2) is 89.4 Å². The van der Waals surface area contributed by atoms with E-state index in [2.05, 4.69) is 47.8 Å². The van der Waals surface area contributed by atoms with Crippen molar-refractivity contribution in [3.63, 3.8) is 0 Å². The molecule has 1 heterocycles. The van der Waals surface area contributed by atoms with Crippen LogP contribution in [0.1, 0.15) is 34.7 Å². The van der Waals surface area contributed by atoms with Crippen molar-refractivity contribution in [1.82, 2.24) is 5.32 Å². The first kappa shape index (κ1) is 16.3. The van der Waals surface area contributed by atoms with Gasteiger partial charge in [-0.15, -0.1) is 0 Å². The fourth-order valence-electron chi connectivity index (χ4n) is 4.03. The monoisotopic (exact) mass is 370 g/mol. The molecular formula is C24H19ClN2. The number of amidine groups is 1. The first-order valence-electron chi connectivity index (χ1n) is 9.27. The van der Waals surface area contributed by atoms with Crippen molar-refractivity contribution in [1.29, 1.82) is 0 Å². The smallest absolute Gasteiger partial charge is 0.133 e. The minimum absolute atomic E-state index is 0.0569. The number of nitrogens with one attached hydrogen (secondary N) is 1. The van der Waals surface area contributed by atoms with Crippen molar-refractivity contribution in [2.75, 3.05) is 0 Å². The highest BCUT2D eigenvalue weighted by atomic mass is 35.5. The summed E-state index contributed by atoms with van der Waals surface area (Å²) in [5.41, 5.74) is 7.33. The summed E-state index contributed by atoms with van der Waals surface area (Å²) in [7, 11) is 0. The van der Waals surface area contributed by atoms with Crippen LogP contribution >= 0.6 is 11.6 Å². The molecule has 0 amide bonds. The number of aryl methyl sites for hydroxylation is 1. The zero-order valence-corrected chi connectivity index (χ0v) is 15.6. The van der Waals surface area contributed by atoms with Gasteiger partial charge >= 0.3 is 0 Å². The molecule has 0 radical (unpaired) electrons. The SMILES string of the molecule is Clc1ccccc1C1N=C(c2ccccc2)NC2=C1CCc1ccccc12. The lowest BCUT2D eigenvalue weighted by Crippen LogP contribution is -2.32. The molecule has 0 bridgehead atoms. The van der Waals surface area contributed by atoms with E-state index in [1.807, 2.05) is 36.4 Å². The van der Waals surface area contributed by atoms with Crippen molar-refractivity contribution in [3.05, 3.63) is 112 Å². The zero-order valence-electron chi connectivity index (χ0n) is 14.8. The highest BCUT2D eigenvalue weighted by Gasteiger charge is 2.31. The second kappa shape index (κ2) is 6.71. The van der Waals surface area contributed by atoms with E-state index in [1.54, 1.807) is 0 Å². The summed E-state index contributed by atoms with van der Waals surface area (Å²) in [6.45, 7) is 0. The van der Waals surface area contributed by atoms with E-state index in [-0.39, 0.29) is 6.04 Å². The summed E-state index contributed by atoms with van der Waals surface area (Å²) in [5, 5.41) is 4.40.